The fourth-order valence-corrected chi connectivity index (χ4v) is 3.79. The van der Waals surface area contributed by atoms with E-state index in [0.29, 0.717) is 0 Å². The van der Waals surface area contributed by atoms with Gasteiger partial charge >= 0.3 is 0 Å². The van der Waals surface area contributed by atoms with Gasteiger partial charge in [-0.2, -0.15) is 0 Å². The van der Waals surface area contributed by atoms with Gasteiger partial charge in [0.1, 0.15) is 0 Å². The van der Waals surface area contributed by atoms with Gasteiger partial charge in [0, 0.05) is 10.6 Å². The third-order valence-corrected chi connectivity index (χ3v) is 4.89. The second kappa shape index (κ2) is 4.65. The molecule has 4 rings (SSSR count). The van der Waals surface area contributed by atoms with Crippen LogP contribution in [0.4, 0.5) is 0 Å². The zero-order valence-electron chi connectivity index (χ0n) is 11.0. The lowest BCUT2D eigenvalue weighted by Gasteiger charge is -2.13. The summed E-state index contributed by atoms with van der Waals surface area (Å²) < 4.78 is 0. The van der Waals surface area contributed by atoms with Crippen molar-refractivity contribution in [1.29, 1.82) is 0 Å². The van der Waals surface area contributed by atoms with Crippen LogP contribution < -0.4 is 0 Å². The molecule has 0 saturated carbocycles. The van der Waals surface area contributed by atoms with Gasteiger partial charge in [0.25, 0.3) is 0 Å². The second-order valence-corrected chi connectivity index (χ2v) is 6.13. The summed E-state index contributed by atoms with van der Waals surface area (Å²) in [6.07, 6.45) is 0. The molecule has 0 spiro atoms. The van der Waals surface area contributed by atoms with Crippen LogP contribution in [0.15, 0.2) is 59.5 Å². The van der Waals surface area contributed by atoms with Crippen molar-refractivity contribution >= 4 is 44.1 Å². The van der Waals surface area contributed by atoms with Gasteiger partial charge in [-0.3, -0.25) is 0 Å². The van der Waals surface area contributed by atoms with E-state index in [4.69, 9.17) is 5.11 Å². The first kappa shape index (κ1) is 12.0. The highest BCUT2D eigenvalue weighted by Gasteiger charge is 2.10. The first-order chi connectivity index (χ1) is 9.88. The Hall–Kier alpha value is -1.77. The van der Waals surface area contributed by atoms with Gasteiger partial charge < -0.3 is 5.11 Å². The first-order valence-corrected chi connectivity index (χ1v) is 7.77. The molecule has 0 heterocycles. The van der Waals surface area contributed by atoms with E-state index in [1.165, 1.54) is 37.2 Å². The summed E-state index contributed by atoms with van der Waals surface area (Å²) in [5, 5.41) is 16.9. The van der Waals surface area contributed by atoms with Crippen molar-refractivity contribution in [3.63, 3.8) is 0 Å². The molecule has 0 aliphatic heterocycles. The largest absolute Gasteiger partial charge is 0.396 e. The standard InChI is InChI=1S/C18H14OS/c19-10-11-20-16-9-7-14-5-4-12-2-1-3-13-6-8-15(16)18(14)17(12)13/h1-9,19H,10-11H2. The number of aliphatic hydroxyl groups is 1. The van der Waals surface area contributed by atoms with E-state index < -0.39 is 0 Å². The van der Waals surface area contributed by atoms with E-state index in [1.54, 1.807) is 11.8 Å². The van der Waals surface area contributed by atoms with Crippen molar-refractivity contribution in [1.82, 2.24) is 0 Å². The van der Waals surface area contributed by atoms with Crippen LogP contribution in [0.5, 0.6) is 0 Å². The molecule has 0 saturated heterocycles. The van der Waals surface area contributed by atoms with Crippen LogP contribution in [0.25, 0.3) is 32.3 Å². The second-order valence-electron chi connectivity index (χ2n) is 4.99. The summed E-state index contributed by atoms with van der Waals surface area (Å²) >= 11 is 1.72. The summed E-state index contributed by atoms with van der Waals surface area (Å²) in [5.41, 5.74) is 0. The van der Waals surface area contributed by atoms with Crippen LogP contribution in [0, 0.1) is 0 Å². The molecule has 0 unspecified atom stereocenters. The van der Waals surface area contributed by atoms with Gasteiger partial charge in [0.2, 0.25) is 0 Å². The smallest absolute Gasteiger partial charge is 0.0525 e. The van der Waals surface area contributed by atoms with Crippen LogP contribution in [-0.4, -0.2) is 17.5 Å². The molecule has 20 heavy (non-hydrogen) atoms. The number of hydrogen-bond donors (Lipinski definition) is 1. The van der Waals surface area contributed by atoms with Crippen LogP contribution in [0.2, 0.25) is 0 Å². The predicted molar refractivity (Wildman–Crippen MR) is 88.0 cm³/mol. The van der Waals surface area contributed by atoms with Crippen molar-refractivity contribution in [2.75, 3.05) is 12.4 Å². The molecule has 98 valence electrons. The Balaban J connectivity index is 2.14. The van der Waals surface area contributed by atoms with Crippen LogP contribution >= 0.6 is 11.8 Å². The third kappa shape index (κ3) is 1.69. The van der Waals surface area contributed by atoms with E-state index in [2.05, 4.69) is 54.6 Å². The molecule has 1 N–H and O–H groups in total. The monoisotopic (exact) mass is 278 g/mol. The zero-order chi connectivity index (χ0) is 13.5. The Morgan fingerprint density at radius 2 is 1.40 bits per heavy atom. The lowest BCUT2D eigenvalue weighted by molar-refractivity contribution is 0.322. The van der Waals surface area contributed by atoms with Gasteiger partial charge in [0.15, 0.2) is 0 Å². The number of rotatable bonds is 3. The molecule has 4 aromatic rings. The molecule has 2 heteroatoms. The lowest BCUT2D eigenvalue weighted by Crippen LogP contribution is -1.88. The van der Waals surface area contributed by atoms with Crippen LogP contribution in [0.3, 0.4) is 0 Å². The summed E-state index contributed by atoms with van der Waals surface area (Å²) in [6.45, 7) is 0.215. The van der Waals surface area contributed by atoms with Gasteiger partial charge in [-0.15, -0.1) is 11.8 Å². The molecular formula is C18H14OS. The molecule has 0 aromatic heterocycles. The molecule has 4 aromatic carbocycles. The summed E-state index contributed by atoms with van der Waals surface area (Å²) in [4.78, 5) is 1.25. The lowest BCUT2D eigenvalue weighted by atomic mass is 9.94. The molecule has 0 atom stereocenters. The Kier molecular flexibility index (Phi) is 2.79. The van der Waals surface area contributed by atoms with Crippen molar-refractivity contribution < 1.29 is 5.11 Å². The quantitative estimate of drug-likeness (QED) is 0.434. The topological polar surface area (TPSA) is 20.2 Å². The molecule has 0 aliphatic carbocycles. The van der Waals surface area contributed by atoms with E-state index >= 15 is 0 Å². The minimum atomic E-state index is 0.215. The average Bonchev–Trinajstić information content (AvgIpc) is 2.51. The van der Waals surface area contributed by atoms with E-state index in [9.17, 15) is 0 Å². The van der Waals surface area contributed by atoms with Gasteiger partial charge in [-0.25, -0.2) is 0 Å². The number of aliphatic hydroxyl groups excluding tert-OH is 1. The maximum Gasteiger partial charge on any atom is 0.0525 e. The van der Waals surface area contributed by atoms with E-state index in [1.807, 2.05) is 0 Å². The molecule has 0 bridgehead atoms. The average molecular weight is 278 g/mol. The highest BCUT2D eigenvalue weighted by atomic mass is 32.2. The maximum absolute atomic E-state index is 9.05. The van der Waals surface area contributed by atoms with Crippen molar-refractivity contribution in [3.05, 3.63) is 54.6 Å². The number of benzene rings is 4. The maximum atomic E-state index is 9.05. The summed E-state index contributed by atoms with van der Waals surface area (Å²) in [5.74, 6) is 0.740. The Morgan fingerprint density at radius 1 is 0.750 bits per heavy atom. The third-order valence-electron chi connectivity index (χ3n) is 3.84. The van der Waals surface area contributed by atoms with Gasteiger partial charge in [-0.1, -0.05) is 48.5 Å². The molecular weight excluding hydrogens is 264 g/mol. The van der Waals surface area contributed by atoms with Crippen molar-refractivity contribution in [2.45, 2.75) is 4.90 Å². The van der Waals surface area contributed by atoms with Gasteiger partial charge in [0.05, 0.1) is 6.61 Å². The fourth-order valence-electron chi connectivity index (χ4n) is 2.99. The number of hydrogen-bond acceptors (Lipinski definition) is 2. The van der Waals surface area contributed by atoms with Crippen molar-refractivity contribution in [3.8, 4) is 0 Å². The number of thioether (sulfide) groups is 1. The molecule has 0 fully saturated rings. The zero-order valence-corrected chi connectivity index (χ0v) is 11.8. The Labute approximate surface area is 121 Å². The first-order valence-electron chi connectivity index (χ1n) is 6.79. The van der Waals surface area contributed by atoms with Crippen LogP contribution in [-0.2, 0) is 0 Å². The van der Waals surface area contributed by atoms with E-state index in [0.717, 1.165) is 5.75 Å². The predicted octanol–water partition coefficient (Wildman–Crippen LogP) is 4.67. The molecule has 0 amide bonds. The molecule has 0 aliphatic rings. The summed E-state index contributed by atoms with van der Waals surface area (Å²) in [6, 6.07) is 19.6. The SMILES string of the molecule is OCCSc1ccc2ccc3cccc4ccc1c2c34. The fraction of sp³-hybridized carbons (Fsp3) is 0.111. The molecule has 1 nitrogen and oxygen atoms in total. The summed E-state index contributed by atoms with van der Waals surface area (Å²) in [7, 11) is 0. The highest BCUT2D eigenvalue weighted by Crippen LogP contribution is 2.38. The van der Waals surface area contributed by atoms with Gasteiger partial charge in [-0.05, 0) is 38.4 Å². The van der Waals surface area contributed by atoms with Crippen molar-refractivity contribution in [2.24, 2.45) is 0 Å². The highest BCUT2D eigenvalue weighted by molar-refractivity contribution is 7.99. The Morgan fingerprint density at radius 3 is 2.15 bits per heavy atom. The Bertz CT molecular complexity index is 882. The van der Waals surface area contributed by atoms with Crippen LogP contribution in [0.1, 0.15) is 0 Å². The normalized spacial score (nSPS) is 11.8. The minimum absolute atomic E-state index is 0.215. The minimum Gasteiger partial charge on any atom is -0.396 e. The van der Waals surface area contributed by atoms with E-state index in [-0.39, 0.29) is 6.61 Å². The molecule has 0 radical (unpaired) electrons.